The first-order chi connectivity index (χ1) is 6.20. The van der Waals surface area contributed by atoms with Crippen LogP contribution in [0, 0.1) is 5.82 Å². The summed E-state index contributed by atoms with van der Waals surface area (Å²) in [6, 6.07) is 6.04. The van der Waals surface area contributed by atoms with Crippen molar-refractivity contribution in [1.29, 1.82) is 0 Å². The lowest BCUT2D eigenvalue weighted by atomic mass is 10.2. The van der Waals surface area contributed by atoms with E-state index >= 15 is 0 Å². The Morgan fingerprint density at radius 2 is 2.23 bits per heavy atom. The van der Waals surface area contributed by atoms with Crippen molar-refractivity contribution < 1.29 is 14.3 Å². The second-order valence-corrected chi connectivity index (χ2v) is 2.39. The van der Waals surface area contributed by atoms with E-state index in [2.05, 4.69) is 4.99 Å². The van der Waals surface area contributed by atoms with E-state index in [9.17, 15) is 9.18 Å². The van der Waals surface area contributed by atoms with Gasteiger partial charge in [0.05, 0.1) is 0 Å². The van der Waals surface area contributed by atoms with Gasteiger partial charge in [-0.15, -0.1) is 0 Å². The maximum atomic E-state index is 12.9. The van der Waals surface area contributed by atoms with Crippen LogP contribution < -0.4 is 0 Å². The Hall–Kier alpha value is -1.71. The Kier molecular flexibility index (Phi) is 3.14. The molecule has 1 aromatic carbocycles. The normalized spacial score (nSPS) is 10.5. The van der Waals surface area contributed by atoms with E-state index in [-0.39, 0.29) is 6.54 Å². The van der Waals surface area contributed by atoms with Crippen LogP contribution in [0.1, 0.15) is 5.56 Å². The van der Waals surface area contributed by atoms with Crippen LogP contribution in [0.3, 0.4) is 0 Å². The van der Waals surface area contributed by atoms with Gasteiger partial charge in [-0.2, -0.15) is 0 Å². The molecule has 0 saturated carbocycles. The number of hydrogen-bond acceptors (Lipinski definition) is 2. The van der Waals surface area contributed by atoms with Gasteiger partial charge in [0.1, 0.15) is 12.4 Å². The molecule has 0 bridgehead atoms. The van der Waals surface area contributed by atoms with E-state index in [0.717, 1.165) is 0 Å². The first-order valence-electron chi connectivity index (χ1n) is 3.66. The van der Waals surface area contributed by atoms with Gasteiger partial charge in [0.25, 0.3) is 0 Å². The molecule has 1 rings (SSSR count). The fraction of sp³-hybridized carbons (Fsp3) is 0.111. The molecule has 0 radical (unpaired) electrons. The summed E-state index contributed by atoms with van der Waals surface area (Å²) in [6.07, 6.45) is 1.21. The van der Waals surface area contributed by atoms with Gasteiger partial charge in [0.2, 0.25) is 0 Å². The predicted octanol–water partition coefficient (Wildman–Crippen LogP) is 1.33. The highest BCUT2D eigenvalue weighted by atomic mass is 19.1. The van der Waals surface area contributed by atoms with Crippen LogP contribution in [-0.4, -0.2) is 23.8 Å². The van der Waals surface area contributed by atoms with Crippen molar-refractivity contribution in [2.24, 2.45) is 4.99 Å². The molecular weight excluding hydrogens is 173 g/mol. The van der Waals surface area contributed by atoms with Crippen LogP contribution in [0.25, 0.3) is 0 Å². The molecule has 0 aliphatic carbocycles. The molecule has 0 saturated heterocycles. The number of rotatable bonds is 3. The lowest BCUT2D eigenvalue weighted by molar-refractivity contribution is -0.135. The largest absolute Gasteiger partial charge is 0.480 e. The van der Waals surface area contributed by atoms with Crippen LogP contribution in [0.4, 0.5) is 4.39 Å². The standard InChI is InChI=1S/C9H8FNO2/c10-8-4-2-1-3-7(8)5-11-6-9(12)13/h1-5H,6H2,(H,12,13)/b11-5+. The minimum atomic E-state index is -1.03. The Labute approximate surface area is 74.5 Å². The molecule has 0 spiro atoms. The van der Waals surface area contributed by atoms with Crippen LogP contribution in [0.15, 0.2) is 29.3 Å². The van der Waals surface area contributed by atoms with Crippen LogP contribution in [0.5, 0.6) is 0 Å². The number of carboxylic acid groups (broad SMARTS) is 1. The van der Waals surface area contributed by atoms with E-state index in [4.69, 9.17) is 5.11 Å². The third kappa shape index (κ3) is 3.02. The second-order valence-electron chi connectivity index (χ2n) is 2.39. The third-order valence-corrected chi connectivity index (χ3v) is 1.36. The number of nitrogens with zero attached hydrogens (tertiary/aromatic N) is 1. The first kappa shape index (κ1) is 9.38. The highest BCUT2D eigenvalue weighted by Gasteiger charge is 1.96. The fourth-order valence-corrected chi connectivity index (χ4v) is 0.802. The predicted molar refractivity (Wildman–Crippen MR) is 46.5 cm³/mol. The van der Waals surface area contributed by atoms with Gasteiger partial charge in [-0.25, -0.2) is 4.39 Å². The van der Waals surface area contributed by atoms with Crippen LogP contribution >= 0.6 is 0 Å². The zero-order valence-corrected chi connectivity index (χ0v) is 6.77. The first-order valence-corrected chi connectivity index (χ1v) is 3.66. The van der Waals surface area contributed by atoms with Crippen molar-refractivity contribution in [3.63, 3.8) is 0 Å². The van der Waals surface area contributed by atoms with Crippen molar-refractivity contribution in [1.82, 2.24) is 0 Å². The fourth-order valence-electron chi connectivity index (χ4n) is 0.802. The Bertz CT molecular complexity index is 336. The van der Waals surface area contributed by atoms with Crippen molar-refractivity contribution in [2.45, 2.75) is 0 Å². The topological polar surface area (TPSA) is 49.7 Å². The summed E-state index contributed by atoms with van der Waals surface area (Å²) in [5.74, 6) is -1.44. The van der Waals surface area contributed by atoms with E-state index in [1.807, 2.05) is 0 Å². The van der Waals surface area contributed by atoms with Gasteiger partial charge in [-0.1, -0.05) is 18.2 Å². The smallest absolute Gasteiger partial charge is 0.325 e. The molecule has 4 heteroatoms. The minimum Gasteiger partial charge on any atom is -0.480 e. The summed E-state index contributed by atoms with van der Waals surface area (Å²) in [5, 5.41) is 8.25. The molecule has 0 aliphatic rings. The molecule has 3 nitrogen and oxygen atoms in total. The Balaban J connectivity index is 2.68. The third-order valence-electron chi connectivity index (χ3n) is 1.36. The average molecular weight is 181 g/mol. The van der Waals surface area contributed by atoms with Gasteiger partial charge >= 0.3 is 5.97 Å². The van der Waals surface area contributed by atoms with Gasteiger partial charge in [-0.05, 0) is 6.07 Å². The van der Waals surface area contributed by atoms with E-state index in [1.54, 1.807) is 12.1 Å². The van der Waals surface area contributed by atoms with Gasteiger partial charge in [-0.3, -0.25) is 9.79 Å². The highest BCUT2D eigenvalue weighted by Crippen LogP contribution is 2.02. The molecule has 1 N–H and O–H groups in total. The van der Waals surface area contributed by atoms with E-state index < -0.39 is 11.8 Å². The van der Waals surface area contributed by atoms with Crippen LogP contribution in [-0.2, 0) is 4.79 Å². The van der Waals surface area contributed by atoms with Crippen molar-refractivity contribution in [3.05, 3.63) is 35.6 Å². The SMILES string of the molecule is O=C(O)C/N=C/c1ccccc1F. The number of benzene rings is 1. The van der Waals surface area contributed by atoms with E-state index in [1.165, 1.54) is 18.3 Å². The number of hydrogen-bond donors (Lipinski definition) is 1. The zero-order valence-electron chi connectivity index (χ0n) is 6.77. The summed E-state index contributed by atoms with van der Waals surface area (Å²) in [6.45, 7) is -0.339. The summed E-state index contributed by atoms with van der Waals surface area (Å²) in [4.78, 5) is 13.6. The number of aliphatic imine (C=N–C) groups is 1. The highest BCUT2D eigenvalue weighted by molar-refractivity contribution is 5.82. The van der Waals surface area contributed by atoms with Gasteiger partial charge < -0.3 is 5.11 Å². The molecule has 0 amide bonds. The van der Waals surface area contributed by atoms with Crippen LogP contribution in [0.2, 0.25) is 0 Å². The lowest BCUT2D eigenvalue weighted by Gasteiger charge is -1.93. The molecule has 13 heavy (non-hydrogen) atoms. The maximum Gasteiger partial charge on any atom is 0.325 e. The number of halogens is 1. The van der Waals surface area contributed by atoms with Crippen molar-refractivity contribution >= 4 is 12.2 Å². The Morgan fingerprint density at radius 1 is 1.54 bits per heavy atom. The monoisotopic (exact) mass is 181 g/mol. The molecule has 1 aromatic rings. The lowest BCUT2D eigenvalue weighted by Crippen LogP contribution is -1.99. The van der Waals surface area contributed by atoms with E-state index in [0.29, 0.717) is 5.56 Å². The van der Waals surface area contributed by atoms with Crippen molar-refractivity contribution in [3.8, 4) is 0 Å². The average Bonchev–Trinajstić information content (AvgIpc) is 2.08. The number of aliphatic carboxylic acids is 1. The quantitative estimate of drug-likeness (QED) is 0.715. The molecule has 0 unspecified atom stereocenters. The molecule has 0 aliphatic heterocycles. The minimum absolute atomic E-state index is 0.295. The second kappa shape index (κ2) is 4.35. The summed E-state index contributed by atoms with van der Waals surface area (Å²) in [7, 11) is 0. The number of carboxylic acids is 1. The number of carbonyl (C=O) groups is 1. The summed E-state index contributed by atoms with van der Waals surface area (Å²) in [5.41, 5.74) is 0.295. The van der Waals surface area contributed by atoms with Crippen molar-refractivity contribution in [2.75, 3.05) is 6.54 Å². The maximum absolute atomic E-state index is 12.9. The zero-order chi connectivity index (χ0) is 9.68. The van der Waals surface area contributed by atoms with Gasteiger partial charge in [0, 0.05) is 11.8 Å². The molecule has 68 valence electrons. The van der Waals surface area contributed by atoms with Gasteiger partial charge in [0.15, 0.2) is 0 Å². The Morgan fingerprint density at radius 3 is 2.85 bits per heavy atom. The molecule has 0 fully saturated rings. The molecule has 0 aromatic heterocycles. The molecule has 0 heterocycles. The molecule has 0 atom stereocenters. The molecular formula is C9H8FNO2. The summed E-state index contributed by atoms with van der Waals surface area (Å²) < 4.78 is 12.9. The summed E-state index contributed by atoms with van der Waals surface area (Å²) >= 11 is 0.